The van der Waals surface area contributed by atoms with Crippen LogP contribution in [0.15, 0.2) is 91.0 Å². The highest BCUT2D eigenvalue weighted by Gasteiger charge is 2.38. The summed E-state index contributed by atoms with van der Waals surface area (Å²) in [6.45, 7) is 0.949. The van der Waals surface area contributed by atoms with Gasteiger partial charge in [0.05, 0.1) is 5.39 Å². The highest BCUT2D eigenvalue weighted by Crippen LogP contribution is 2.54. The Labute approximate surface area is 207 Å². The van der Waals surface area contributed by atoms with E-state index in [1.165, 1.54) is 88.4 Å². The van der Waals surface area contributed by atoms with Crippen LogP contribution in [-0.2, 0) is 19.4 Å². The average molecular weight is 458 g/mol. The molecule has 0 atom stereocenters. The summed E-state index contributed by atoms with van der Waals surface area (Å²) in [6, 6.07) is 34.1. The fourth-order valence-electron chi connectivity index (χ4n) is 7.78. The second-order valence-corrected chi connectivity index (χ2v) is 10.7. The fraction of sp³-hybridized carbons (Fsp3) is 0.0882. The number of pyridine rings is 1. The van der Waals surface area contributed by atoms with Crippen LogP contribution in [0.2, 0.25) is 0 Å². The van der Waals surface area contributed by atoms with Gasteiger partial charge in [0.1, 0.15) is 12.1 Å². The summed E-state index contributed by atoms with van der Waals surface area (Å²) < 4.78 is 5.17. The van der Waals surface area contributed by atoms with Crippen molar-refractivity contribution in [3.05, 3.63) is 119 Å². The van der Waals surface area contributed by atoms with Gasteiger partial charge in [-0.25, -0.2) is 4.57 Å². The normalized spacial score (nSPS) is 14.3. The van der Waals surface area contributed by atoms with Crippen molar-refractivity contribution in [3.63, 3.8) is 0 Å². The zero-order valence-corrected chi connectivity index (χ0v) is 19.7. The van der Waals surface area contributed by atoms with Gasteiger partial charge in [0.25, 0.3) is 5.65 Å². The monoisotopic (exact) mass is 457 g/mol. The largest absolute Gasteiger partial charge is 0.296 e. The molecule has 2 nitrogen and oxygen atoms in total. The molecule has 2 aromatic heterocycles. The van der Waals surface area contributed by atoms with Gasteiger partial charge in [0, 0.05) is 28.3 Å². The zero-order valence-electron chi connectivity index (χ0n) is 19.7. The van der Waals surface area contributed by atoms with Crippen LogP contribution in [0.1, 0.15) is 27.8 Å². The lowest BCUT2D eigenvalue weighted by molar-refractivity contribution is -0.631. The van der Waals surface area contributed by atoms with Crippen LogP contribution in [0.3, 0.4) is 0 Å². The summed E-state index contributed by atoms with van der Waals surface area (Å²) in [5.41, 5.74) is 18.6. The van der Waals surface area contributed by atoms with Gasteiger partial charge in [-0.1, -0.05) is 78.9 Å². The number of hydrogen-bond donors (Lipinski definition) is 0. The third-order valence-corrected chi connectivity index (χ3v) is 9.06. The lowest BCUT2D eigenvalue weighted by atomic mass is 9.88. The molecule has 0 unspecified atom stereocenters. The van der Waals surface area contributed by atoms with Crippen molar-refractivity contribution < 1.29 is 4.57 Å². The summed E-state index contributed by atoms with van der Waals surface area (Å²) >= 11 is 0. The van der Waals surface area contributed by atoms with Crippen LogP contribution in [0, 0.1) is 0 Å². The van der Waals surface area contributed by atoms with Crippen LogP contribution in [0.25, 0.3) is 60.6 Å². The highest BCUT2D eigenvalue weighted by atomic mass is 15.1. The van der Waals surface area contributed by atoms with Gasteiger partial charge in [-0.05, 0) is 57.5 Å². The SMILES string of the molecule is c1ccc2c(c1)Cc1c-2c2c(c3c1c1cccc4c1c1n3c3ccccc3[n+]1C4)Cc1ccccc1-2. The molecule has 0 bridgehead atoms. The summed E-state index contributed by atoms with van der Waals surface area (Å²) in [7, 11) is 0. The second kappa shape index (κ2) is 5.85. The molecule has 10 rings (SSSR count). The van der Waals surface area contributed by atoms with Crippen molar-refractivity contribution in [2.75, 3.05) is 0 Å². The Morgan fingerprint density at radius 1 is 0.583 bits per heavy atom. The molecular formula is C34H21N2+. The first-order chi connectivity index (χ1) is 17.9. The Bertz CT molecular complexity index is 2180. The molecule has 0 radical (unpaired) electrons. The molecule has 36 heavy (non-hydrogen) atoms. The average Bonchev–Trinajstić information content (AvgIpc) is 3.66. The van der Waals surface area contributed by atoms with Crippen LogP contribution >= 0.6 is 0 Å². The Balaban J connectivity index is 1.57. The number of imidazole rings is 1. The summed E-state index contributed by atoms with van der Waals surface area (Å²) in [5.74, 6) is 0. The molecule has 0 fully saturated rings. The summed E-state index contributed by atoms with van der Waals surface area (Å²) in [5, 5.41) is 4.33. The van der Waals surface area contributed by atoms with E-state index in [0.717, 1.165) is 19.4 Å². The van der Waals surface area contributed by atoms with Gasteiger partial charge in [0.15, 0.2) is 11.0 Å². The molecule has 2 aliphatic carbocycles. The van der Waals surface area contributed by atoms with E-state index >= 15 is 0 Å². The Morgan fingerprint density at radius 2 is 1.25 bits per heavy atom. The van der Waals surface area contributed by atoms with E-state index in [2.05, 4.69) is 100.0 Å². The molecular weight excluding hydrogens is 436 g/mol. The molecule has 2 heteroatoms. The number of aromatic nitrogens is 2. The number of hydrogen-bond acceptors (Lipinski definition) is 0. The van der Waals surface area contributed by atoms with Gasteiger partial charge >= 0.3 is 0 Å². The van der Waals surface area contributed by atoms with Crippen molar-refractivity contribution in [2.24, 2.45) is 0 Å². The number of benzene rings is 5. The van der Waals surface area contributed by atoms with Crippen LogP contribution in [0.5, 0.6) is 0 Å². The van der Waals surface area contributed by atoms with Gasteiger partial charge in [-0.3, -0.25) is 0 Å². The summed E-state index contributed by atoms with van der Waals surface area (Å²) in [6.07, 6.45) is 1.99. The predicted octanol–water partition coefficient (Wildman–Crippen LogP) is 7.19. The third-order valence-electron chi connectivity index (χ3n) is 9.06. The third kappa shape index (κ3) is 1.84. The van der Waals surface area contributed by atoms with Crippen molar-refractivity contribution in [3.8, 4) is 22.3 Å². The first-order valence-electron chi connectivity index (χ1n) is 12.9. The Kier molecular flexibility index (Phi) is 2.92. The number of nitrogens with zero attached hydrogens (tertiary/aromatic N) is 2. The smallest absolute Gasteiger partial charge is 0.218 e. The first kappa shape index (κ1) is 17.9. The lowest BCUT2D eigenvalue weighted by Crippen LogP contribution is -2.30. The molecule has 0 N–H and O–H groups in total. The molecule has 3 heterocycles. The maximum atomic E-state index is 2.62. The fourth-order valence-corrected chi connectivity index (χ4v) is 7.78. The van der Waals surface area contributed by atoms with E-state index in [1.54, 1.807) is 0 Å². The van der Waals surface area contributed by atoms with Crippen LogP contribution in [-0.4, -0.2) is 4.40 Å². The van der Waals surface area contributed by atoms with Crippen molar-refractivity contribution >= 4 is 38.4 Å². The minimum Gasteiger partial charge on any atom is -0.218 e. The molecule has 0 spiro atoms. The Morgan fingerprint density at radius 3 is 2.08 bits per heavy atom. The maximum absolute atomic E-state index is 2.62. The molecule has 7 aromatic rings. The van der Waals surface area contributed by atoms with E-state index in [-0.39, 0.29) is 0 Å². The minimum absolute atomic E-state index is 0.949. The Hall–Kier alpha value is -4.43. The highest BCUT2D eigenvalue weighted by molar-refractivity contribution is 6.20. The molecule has 1 aliphatic heterocycles. The number of para-hydroxylation sites is 2. The lowest BCUT2D eigenvalue weighted by Gasteiger charge is -2.16. The topological polar surface area (TPSA) is 8.29 Å². The van der Waals surface area contributed by atoms with Crippen LogP contribution < -0.4 is 4.57 Å². The molecule has 5 aromatic carbocycles. The minimum atomic E-state index is 0.949. The van der Waals surface area contributed by atoms with Crippen molar-refractivity contribution in [1.82, 2.24) is 4.40 Å². The zero-order chi connectivity index (χ0) is 23.1. The van der Waals surface area contributed by atoms with E-state index in [9.17, 15) is 0 Å². The van der Waals surface area contributed by atoms with Crippen LogP contribution in [0.4, 0.5) is 0 Å². The molecule has 3 aliphatic rings. The van der Waals surface area contributed by atoms with Gasteiger partial charge in [-0.2, -0.15) is 4.40 Å². The number of rotatable bonds is 0. The molecule has 0 saturated carbocycles. The van der Waals surface area contributed by atoms with E-state index in [0.29, 0.717) is 0 Å². The second-order valence-electron chi connectivity index (χ2n) is 10.7. The van der Waals surface area contributed by atoms with Gasteiger partial charge in [0.2, 0.25) is 0 Å². The van der Waals surface area contributed by atoms with E-state index in [1.807, 2.05) is 0 Å². The standard InChI is InChI=1S/C34H21N2/c1-3-11-22-19(8-1)16-25-30(22)31-23-12-4-2-9-20(23)17-26(31)33-32(25)24-13-7-10-21-18-35-27-14-5-6-15-28(27)36(33)34(35)29(21)24/h1-15H,16-18H2/q+1. The summed E-state index contributed by atoms with van der Waals surface area (Å²) in [4.78, 5) is 0. The molecule has 0 amide bonds. The maximum Gasteiger partial charge on any atom is 0.296 e. The quantitative estimate of drug-likeness (QED) is 0.168. The van der Waals surface area contributed by atoms with E-state index in [4.69, 9.17) is 0 Å². The first-order valence-corrected chi connectivity index (χ1v) is 12.9. The molecule has 0 saturated heterocycles. The van der Waals surface area contributed by atoms with Crippen molar-refractivity contribution in [1.29, 1.82) is 0 Å². The molecule has 166 valence electrons. The van der Waals surface area contributed by atoms with Gasteiger partial charge < -0.3 is 0 Å². The van der Waals surface area contributed by atoms with E-state index < -0.39 is 0 Å². The van der Waals surface area contributed by atoms with Gasteiger partial charge in [-0.15, -0.1) is 0 Å². The number of fused-ring (bicyclic) bond motifs is 15. The van der Waals surface area contributed by atoms with Crippen molar-refractivity contribution in [2.45, 2.75) is 19.4 Å². The predicted molar refractivity (Wildman–Crippen MR) is 146 cm³/mol.